The van der Waals surface area contributed by atoms with Crippen LogP contribution in [-0.2, 0) is 29.7 Å². The number of hydrazine groups is 1. The van der Waals surface area contributed by atoms with Gasteiger partial charge in [0, 0.05) is 30.8 Å². The predicted molar refractivity (Wildman–Crippen MR) is 193 cm³/mol. The van der Waals surface area contributed by atoms with Crippen molar-refractivity contribution in [1.29, 1.82) is 0 Å². The molecule has 2 fully saturated rings. The first-order valence-corrected chi connectivity index (χ1v) is 18.1. The minimum Gasteiger partial charge on any atom is -0.497 e. The van der Waals surface area contributed by atoms with Crippen molar-refractivity contribution < 1.29 is 43.3 Å². The second-order valence-electron chi connectivity index (χ2n) is 12.3. The van der Waals surface area contributed by atoms with Crippen LogP contribution in [0.25, 0.3) is 0 Å². The average Bonchev–Trinajstić information content (AvgIpc) is 3.26. The molecular weight excluding hydrogens is 690 g/mol. The number of nitrogens with one attached hydrogen (secondary N) is 3. The molecule has 2 aliphatic heterocycles. The normalized spacial score (nSPS) is 17.6. The number of anilines is 1. The summed E-state index contributed by atoms with van der Waals surface area (Å²) in [5.41, 5.74) is 1.39. The first kappa shape index (κ1) is 37.7. The smallest absolute Gasteiger partial charge is 0.319 e. The van der Waals surface area contributed by atoms with E-state index >= 15 is 0 Å². The van der Waals surface area contributed by atoms with E-state index in [4.69, 9.17) is 9.47 Å². The summed E-state index contributed by atoms with van der Waals surface area (Å²) in [5, 5.41) is 19.7. The van der Waals surface area contributed by atoms with Crippen molar-refractivity contribution in [3.63, 3.8) is 0 Å². The fraction of sp³-hybridized carbons (Fsp3) is 0.351. The lowest BCUT2D eigenvalue weighted by molar-refractivity contribution is -0.176. The lowest BCUT2D eigenvalue weighted by Gasteiger charge is -2.43. The van der Waals surface area contributed by atoms with E-state index in [0.717, 1.165) is 10.6 Å². The molecule has 0 radical (unpaired) electrons. The number of benzene rings is 3. The maximum atomic E-state index is 13.9. The molecule has 5 rings (SSSR count). The zero-order valence-electron chi connectivity index (χ0n) is 28.6. The minimum absolute atomic E-state index is 0.0123. The number of ketones is 1. The van der Waals surface area contributed by atoms with Gasteiger partial charge in [-0.25, -0.2) is 9.80 Å². The number of methoxy groups -OCH3 is 1. The molecule has 0 saturated carbocycles. The van der Waals surface area contributed by atoms with Crippen LogP contribution in [0.1, 0.15) is 44.1 Å². The molecule has 52 heavy (non-hydrogen) atoms. The Bertz CT molecular complexity index is 1740. The molecule has 3 aromatic rings. The number of carbonyl (C=O) groups excluding carboxylic acids is 5. The lowest BCUT2D eigenvalue weighted by Crippen LogP contribution is -2.64. The molecule has 274 valence electrons. The number of carboxylic acid groups (broad SMARTS) is 1. The number of Topliss-reactive ketones (excluding diaryl/α,β-unsaturated/α-hetero) is 1. The third-order valence-electron chi connectivity index (χ3n) is 8.58. The summed E-state index contributed by atoms with van der Waals surface area (Å²) in [6.45, 7) is 0.202. The van der Waals surface area contributed by atoms with E-state index in [1.54, 1.807) is 31.4 Å². The Balaban J connectivity index is 1.21. The molecule has 5 amide bonds. The standard InChI is InChI=1S/C37H41N5O9S/c1-50-26-13-9-24(10-14-26)22-52-23-32(43)29(18-20-34(45)46)39-35(47)31-8-5-21-41-33(44)19-17-30(36(48)42(31)41)40-37(49)38-25-11-15-28(16-12-25)51-27-6-3-2-4-7-27/h2-4,6-7,9-16,29-31H,5,8,17-23H2,1H3,(H,39,47)(H,45,46)(H2,38,40,49)/t29-,30-,31-/m0/s1. The molecule has 0 aliphatic carbocycles. The van der Waals surface area contributed by atoms with Gasteiger partial charge in [-0.3, -0.25) is 29.0 Å². The fourth-order valence-corrected chi connectivity index (χ4v) is 6.84. The Labute approximate surface area is 305 Å². The molecule has 0 aromatic heterocycles. The van der Waals surface area contributed by atoms with Gasteiger partial charge >= 0.3 is 12.0 Å². The van der Waals surface area contributed by atoms with Gasteiger partial charge in [-0.05, 0) is 79.8 Å². The highest BCUT2D eigenvalue weighted by Crippen LogP contribution is 2.26. The number of carbonyl (C=O) groups is 6. The Kier molecular flexibility index (Phi) is 13.1. The van der Waals surface area contributed by atoms with Gasteiger partial charge in [0.1, 0.15) is 29.3 Å². The first-order chi connectivity index (χ1) is 25.1. The van der Waals surface area contributed by atoms with Crippen molar-refractivity contribution in [3.05, 3.63) is 84.4 Å². The molecule has 14 nitrogen and oxygen atoms in total. The summed E-state index contributed by atoms with van der Waals surface area (Å²) in [4.78, 5) is 78.6. The van der Waals surface area contributed by atoms with E-state index in [0.29, 0.717) is 35.1 Å². The molecule has 0 spiro atoms. The highest BCUT2D eigenvalue weighted by molar-refractivity contribution is 7.99. The predicted octanol–water partition coefficient (Wildman–Crippen LogP) is 4.36. The summed E-state index contributed by atoms with van der Waals surface area (Å²) in [6, 6.07) is 19.1. The third-order valence-corrected chi connectivity index (χ3v) is 9.61. The summed E-state index contributed by atoms with van der Waals surface area (Å²) in [7, 11) is 1.57. The van der Waals surface area contributed by atoms with E-state index in [9.17, 15) is 33.9 Å². The van der Waals surface area contributed by atoms with Gasteiger partial charge in [0.25, 0.3) is 5.91 Å². The van der Waals surface area contributed by atoms with Gasteiger partial charge in [0.2, 0.25) is 11.8 Å². The zero-order chi connectivity index (χ0) is 37.0. The van der Waals surface area contributed by atoms with Crippen molar-refractivity contribution >= 4 is 53.0 Å². The average molecular weight is 732 g/mol. The molecule has 2 saturated heterocycles. The number of rotatable bonds is 15. The quantitative estimate of drug-likeness (QED) is 0.175. The summed E-state index contributed by atoms with van der Waals surface area (Å²) in [6.07, 6.45) is 0.0859. The number of amides is 5. The van der Waals surface area contributed by atoms with E-state index in [2.05, 4.69) is 16.0 Å². The number of urea groups is 1. The monoisotopic (exact) mass is 731 g/mol. The van der Waals surface area contributed by atoms with E-state index < -0.39 is 41.9 Å². The van der Waals surface area contributed by atoms with Crippen LogP contribution in [0.3, 0.4) is 0 Å². The third kappa shape index (κ3) is 10.2. The maximum absolute atomic E-state index is 13.9. The topological polar surface area (TPSA) is 184 Å². The van der Waals surface area contributed by atoms with Crippen LogP contribution in [0.2, 0.25) is 0 Å². The van der Waals surface area contributed by atoms with E-state index in [-0.39, 0.29) is 56.1 Å². The molecule has 3 aromatic carbocycles. The minimum atomic E-state index is -1.15. The molecule has 4 N–H and O–H groups in total. The van der Waals surface area contributed by atoms with Gasteiger partial charge in [-0.1, -0.05) is 30.3 Å². The van der Waals surface area contributed by atoms with Crippen LogP contribution in [0.4, 0.5) is 10.5 Å². The zero-order valence-corrected chi connectivity index (χ0v) is 29.4. The second kappa shape index (κ2) is 18.1. The number of hydrogen-bond donors (Lipinski definition) is 4. The maximum Gasteiger partial charge on any atom is 0.319 e. The Hall–Kier alpha value is -5.57. The van der Waals surface area contributed by atoms with Crippen molar-refractivity contribution in [1.82, 2.24) is 20.7 Å². The number of hydrogen-bond acceptors (Lipinski definition) is 9. The van der Waals surface area contributed by atoms with Crippen molar-refractivity contribution in [2.24, 2.45) is 0 Å². The molecule has 2 heterocycles. The molecular formula is C37H41N5O9S. The molecule has 3 atom stereocenters. The Morgan fingerprint density at radius 3 is 2.31 bits per heavy atom. The number of carboxylic acids is 1. The van der Waals surface area contributed by atoms with Gasteiger partial charge in [0.15, 0.2) is 5.78 Å². The van der Waals surface area contributed by atoms with Gasteiger partial charge in [0.05, 0.1) is 18.9 Å². The summed E-state index contributed by atoms with van der Waals surface area (Å²) < 4.78 is 11.0. The van der Waals surface area contributed by atoms with Crippen molar-refractivity contribution in [3.8, 4) is 17.2 Å². The lowest BCUT2D eigenvalue weighted by atomic mass is 10.0. The number of aliphatic carboxylic acids is 1. The molecule has 15 heteroatoms. The van der Waals surface area contributed by atoms with Crippen molar-refractivity contribution in [2.45, 2.75) is 62.4 Å². The summed E-state index contributed by atoms with van der Waals surface area (Å²) in [5.74, 6) is -0.758. The number of thioether (sulfide) groups is 1. The van der Waals surface area contributed by atoms with E-state index in [1.165, 1.54) is 16.8 Å². The highest BCUT2D eigenvalue weighted by atomic mass is 32.2. The molecule has 0 unspecified atom stereocenters. The molecule has 2 aliphatic rings. The second-order valence-corrected chi connectivity index (χ2v) is 13.3. The van der Waals surface area contributed by atoms with Gasteiger partial charge < -0.3 is 30.5 Å². The van der Waals surface area contributed by atoms with Crippen molar-refractivity contribution in [2.75, 3.05) is 24.7 Å². The van der Waals surface area contributed by atoms with Crippen LogP contribution >= 0.6 is 11.8 Å². The highest BCUT2D eigenvalue weighted by Gasteiger charge is 2.45. The van der Waals surface area contributed by atoms with Gasteiger partial charge in [-0.2, -0.15) is 0 Å². The molecule has 0 bridgehead atoms. The van der Waals surface area contributed by atoms with E-state index in [1.807, 2.05) is 54.6 Å². The number of nitrogens with zero attached hydrogens (tertiary/aromatic N) is 2. The largest absolute Gasteiger partial charge is 0.497 e. The Morgan fingerprint density at radius 1 is 0.923 bits per heavy atom. The van der Waals surface area contributed by atoms with Gasteiger partial charge in [-0.15, -0.1) is 11.8 Å². The first-order valence-electron chi connectivity index (χ1n) is 16.9. The SMILES string of the molecule is COc1ccc(CSCC(=O)[C@H](CCC(=O)O)NC(=O)[C@@H]2CCCN3C(=O)CC[C@H](NC(=O)Nc4ccc(Oc5ccccc5)cc4)C(=O)N23)cc1. The van der Waals surface area contributed by atoms with Crippen LogP contribution in [0.5, 0.6) is 17.2 Å². The summed E-state index contributed by atoms with van der Waals surface area (Å²) >= 11 is 1.32. The number of ether oxygens (including phenoxy) is 2. The Morgan fingerprint density at radius 2 is 1.62 bits per heavy atom. The van der Waals surface area contributed by atoms with Crippen LogP contribution in [0.15, 0.2) is 78.9 Å². The number of para-hydroxylation sites is 1. The number of fused-ring (bicyclic) bond motifs is 1. The van der Waals surface area contributed by atoms with Crippen LogP contribution in [-0.4, -0.2) is 88.2 Å². The van der Waals surface area contributed by atoms with Crippen LogP contribution < -0.4 is 25.4 Å². The van der Waals surface area contributed by atoms with Crippen LogP contribution in [0, 0.1) is 0 Å². The fourth-order valence-electron chi connectivity index (χ4n) is 5.90.